The van der Waals surface area contributed by atoms with Crippen molar-refractivity contribution < 1.29 is 17.9 Å². The lowest BCUT2D eigenvalue weighted by Crippen LogP contribution is -2.56. The minimum absolute atomic E-state index is 0.0377. The molecule has 2 aliphatic heterocycles. The van der Waals surface area contributed by atoms with Gasteiger partial charge in [-0.05, 0) is 30.9 Å². The average molecular weight is 438 g/mol. The van der Waals surface area contributed by atoms with Crippen LogP contribution < -0.4 is 10.6 Å². The van der Waals surface area contributed by atoms with Gasteiger partial charge in [-0.3, -0.25) is 10.3 Å². The summed E-state index contributed by atoms with van der Waals surface area (Å²) in [6.07, 6.45) is 2.72. The molecule has 166 valence electrons. The molecule has 0 spiro atoms. The normalized spacial score (nSPS) is 21.8. The topological polar surface area (TPSA) is 120 Å². The zero-order valence-electron chi connectivity index (χ0n) is 17.6. The summed E-state index contributed by atoms with van der Waals surface area (Å²) in [7, 11) is -1.51. The highest BCUT2D eigenvalue weighted by atomic mass is 32.2. The number of hydrogen-bond acceptors (Lipinski definition) is 5. The van der Waals surface area contributed by atoms with E-state index in [2.05, 4.69) is 0 Å². The second-order valence-electron chi connectivity index (χ2n) is 8.19. The van der Waals surface area contributed by atoms with Gasteiger partial charge in [0.25, 0.3) is 0 Å². The number of carbonyl (C=O) groups excluding carboxylic acids is 1. The van der Waals surface area contributed by atoms with Crippen LogP contribution in [0.4, 0.5) is 10.5 Å². The fraction of sp³-hybridized carbons (Fsp3) is 0.600. The van der Waals surface area contributed by atoms with Gasteiger partial charge in [0, 0.05) is 57.0 Å². The number of ether oxygens (including phenoxy) is 1. The van der Waals surface area contributed by atoms with E-state index in [4.69, 9.17) is 15.9 Å². The van der Waals surface area contributed by atoms with Gasteiger partial charge in [0.15, 0.2) is 0 Å². The molecule has 3 rings (SSSR count). The van der Waals surface area contributed by atoms with Crippen LogP contribution in [0.25, 0.3) is 0 Å². The Bertz CT molecular complexity index is 883. The molecule has 9 nitrogen and oxygen atoms in total. The van der Waals surface area contributed by atoms with Crippen LogP contribution >= 0.6 is 0 Å². The number of nitrogen functional groups attached to an aromatic ring is 1. The minimum Gasteiger partial charge on any atom is -0.384 e. The van der Waals surface area contributed by atoms with Crippen molar-refractivity contribution in [1.82, 2.24) is 9.21 Å². The maximum absolute atomic E-state index is 13.3. The van der Waals surface area contributed by atoms with Gasteiger partial charge in [0.2, 0.25) is 10.0 Å². The molecule has 2 saturated heterocycles. The molecule has 2 amide bonds. The number of urea groups is 1. The molecule has 2 aliphatic rings. The van der Waals surface area contributed by atoms with Crippen LogP contribution in [-0.2, 0) is 14.8 Å². The third kappa shape index (κ3) is 5.30. The Kier molecular flexibility index (Phi) is 6.99. The van der Waals surface area contributed by atoms with Crippen LogP contribution in [0.3, 0.4) is 0 Å². The predicted octanol–water partition coefficient (Wildman–Crippen LogP) is 1.15. The lowest BCUT2D eigenvalue weighted by atomic mass is 9.96. The highest BCUT2D eigenvalue weighted by Gasteiger charge is 2.35. The molecule has 30 heavy (non-hydrogen) atoms. The Labute approximate surface area is 178 Å². The second kappa shape index (κ2) is 9.32. The molecule has 0 bridgehead atoms. The Hall–Kier alpha value is -2.17. The highest BCUT2D eigenvalue weighted by Crippen LogP contribution is 2.27. The lowest BCUT2D eigenvalue weighted by Gasteiger charge is -2.42. The highest BCUT2D eigenvalue weighted by molar-refractivity contribution is 7.88. The predicted molar refractivity (Wildman–Crippen MR) is 116 cm³/mol. The fourth-order valence-corrected chi connectivity index (χ4v) is 5.11. The number of nitrogens with one attached hydrogen (secondary N) is 1. The van der Waals surface area contributed by atoms with Crippen LogP contribution in [0, 0.1) is 17.2 Å². The maximum Gasteiger partial charge on any atom is 0.324 e. The number of rotatable bonds is 7. The first-order chi connectivity index (χ1) is 14.2. The number of amides is 2. The van der Waals surface area contributed by atoms with Crippen LogP contribution in [0.5, 0.6) is 0 Å². The van der Waals surface area contributed by atoms with Gasteiger partial charge in [-0.15, -0.1) is 0 Å². The van der Waals surface area contributed by atoms with Crippen molar-refractivity contribution in [3.63, 3.8) is 0 Å². The number of nitrogens with zero attached hydrogens (tertiary/aromatic N) is 3. The van der Waals surface area contributed by atoms with Gasteiger partial charge in [0.05, 0.1) is 12.9 Å². The molecule has 1 atom stereocenters. The van der Waals surface area contributed by atoms with Crippen molar-refractivity contribution in [3.8, 4) is 0 Å². The largest absolute Gasteiger partial charge is 0.384 e. The number of amidine groups is 1. The number of hydrogen-bond donors (Lipinski definition) is 2. The van der Waals surface area contributed by atoms with Gasteiger partial charge in [-0.1, -0.05) is 12.1 Å². The zero-order valence-corrected chi connectivity index (χ0v) is 18.4. The van der Waals surface area contributed by atoms with Gasteiger partial charge in [0.1, 0.15) is 5.84 Å². The summed E-state index contributed by atoms with van der Waals surface area (Å²) in [5.74, 6) is 0.382. The van der Waals surface area contributed by atoms with Crippen LogP contribution in [0.1, 0.15) is 18.4 Å². The molecule has 0 radical (unpaired) electrons. The Morgan fingerprint density at radius 2 is 1.93 bits per heavy atom. The smallest absolute Gasteiger partial charge is 0.324 e. The van der Waals surface area contributed by atoms with Crippen molar-refractivity contribution >= 4 is 27.6 Å². The van der Waals surface area contributed by atoms with E-state index in [1.165, 1.54) is 10.6 Å². The lowest BCUT2D eigenvalue weighted by molar-refractivity contribution is 0.105. The van der Waals surface area contributed by atoms with Crippen molar-refractivity contribution in [2.24, 2.45) is 17.6 Å². The van der Waals surface area contributed by atoms with E-state index >= 15 is 0 Å². The third-order valence-electron chi connectivity index (χ3n) is 5.81. The molecular formula is C20H31N5O4S. The number of methoxy groups -OCH3 is 1. The molecule has 2 fully saturated rings. The SMILES string of the molecule is COCC1CN(CC2CCN(S(C)(=O)=O)CC2)C(=O)N(c2cccc(C(=N)N)c2)C1. The van der Waals surface area contributed by atoms with Gasteiger partial charge in [-0.25, -0.2) is 17.5 Å². The van der Waals surface area contributed by atoms with E-state index in [1.54, 1.807) is 30.2 Å². The Morgan fingerprint density at radius 3 is 2.53 bits per heavy atom. The summed E-state index contributed by atoms with van der Waals surface area (Å²) in [4.78, 5) is 16.9. The van der Waals surface area contributed by atoms with E-state index < -0.39 is 10.0 Å². The standard InChI is InChI=1S/C20H31N5O4S/c1-29-14-16-12-23(11-15-6-8-24(9-7-15)30(2,27)28)20(26)25(13-16)18-5-3-4-17(10-18)19(21)22/h3-5,10,15-16H,6-9,11-14H2,1-2H3,(H3,21,22). The van der Waals surface area contributed by atoms with Crippen LogP contribution in [0.2, 0.25) is 0 Å². The fourth-order valence-electron chi connectivity index (χ4n) is 4.24. The molecule has 1 aromatic carbocycles. The molecule has 3 N–H and O–H groups in total. The molecule has 0 aliphatic carbocycles. The second-order valence-corrected chi connectivity index (χ2v) is 10.2. The number of anilines is 1. The number of piperidine rings is 1. The van der Waals surface area contributed by atoms with E-state index in [1.807, 2.05) is 11.0 Å². The molecule has 10 heteroatoms. The summed E-state index contributed by atoms with van der Waals surface area (Å²) in [5, 5.41) is 7.67. The van der Waals surface area contributed by atoms with Crippen molar-refractivity contribution in [1.29, 1.82) is 5.41 Å². The van der Waals surface area contributed by atoms with E-state index in [0.29, 0.717) is 50.6 Å². The van der Waals surface area contributed by atoms with E-state index in [-0.39, 0.29) is 23.7 Å². The van der Waals surface area contributed by atoms with Gasteiger partial charge >= 0.3 is 6.03 Å². The number of nitrogens with two attached hydrogens (primary N) is 1. The first kappa shape index (κ1) is 22.5. The minimum atomic E-state index is -3.16. The summed E-state index contributed by atoms with van der Waals surface area (Å²) in [6, 6.07) is 7.08. The van der Waals surface area contributed by atoms with Gasteiger partial charge < -0.3 is 15.4 Å². The monoisotopic (exact) mass is 437 g/mol. The summed E-state index contributed by atoms with van der Waals surface area (Å²) in [6.45, 7) is 3.28. The van der Waals surface area contributed by atoms with E-state index in [0.717, 1.165) is 12.8 Å². The molecule has 1 aromatic rings. The van der Waals surface area contributed by atoms with Crippen molar-refractivity contribution in [2.45, 2.75) is 12.8 Å². The number of carbonyl (C=O) groups is 1. The third-order valence-corrected chi connectivity index (χ3v) is 7.12. The first-order valence-corrected chi connectivity index (χ1v) is 12.0. The first-order valence-electron chi connectivity index (χ1n) is 10.1. The van der Waals surface area contributed by atoms with Crippen molar-refractivity contribution in [3.05, 3.63) is 29.8 Å². The number of sulfonamides is 1. The Morgan fingerprint density at radius 1 is 1.23 bits per heavy atom. The van der Waals surface area contributed by atoms with E-state index in [9.17, 15) is 13.2 Å². The summed E-state index contributed by atoms with van der Waals surface area (Å²) in [5.41, 5.74) is 6.91. The Balaban J connectivity index is 1.73. The number of benzene rings is 1. The molecular weight excluding hydrogens is 406 g/mol. The molecule has 1 unspecified atom stereocenters. The average Bonchev–Trinajstić information content (AvgIpc) is 2.70. The summed E-state index contributed by atoms with van der Waals surface area (Å²) < 4.78 is 30.4. The maximum atomic E-state index is 13.3. The quantitative estimate of drug-likeness (QED) is 0.490. The van der Waals surface area contributed by atoms with Gasteiger partial charge in [-0.2, -0.15) is 0 Å². The summed E-state index contributed by atoms with van der Waals surface area (Å²) >= 11 is 0. The molecule has 0 aromatic heterocycles. The van der Waals surface area contributed by atoms with Crippen molar-refractivity contribution in [2.75, 3.05) is 57.6 Å². The zero-order chi connectivity index (χ0) is 21.9. The van der Waals surface area contributed by atoms with Crippen LogP contribution in [0.15, 0.2) is 24.3 Å². The molecule has 0 saturated carbocycles. The molecule has 2 heterocycles. The van der Waals surface area contributed by atoms with Crippen LogP contribution in [-0.4, -0.2) is 82.2 Å².